The minimum atomic E-state index is 0. The number of pyridine rings is 8. The van der Waals surface area contributed by atoms with Gasteiger partial charge in [-0.05, 0) is 199 Å². The largest absolute Gasteiger partial charge is 0.491 e. The Bertz CT molecular complexity index is 6270. The van der Waals surface area contributed by atoms with Crippen LogP contribution in [0.3, 0.4) is 0 Å². The van der Waals surface area contributed by atoms with Crippen LogP contribution in [-0.4, -0.2) is 198 Å². The van der Waals surface area contributed by atoms with Crippen molar-refractivity contribution >= 4 is 87.2 Å². The van der Waals surface area contributed by atoms with Gasteiger partial charge >= 0.3 is 0 Å². The molecule has 16 aromatic rings. The van der Waals surface area contributed by atoms with E-state index in [1.54, 1.807) is 0 Å². The summed E-state index contributed by atoms with van der Waals surface area (Å²) in [6, 6.07) is 83.0. The molecule has 0 aliphatic rings. The Morgan fingerprint density at radius 1 is 0.177 bits per heavy atom. The van der Waals surface area contributed by atoms with Gasteiger partial charge in [-0.25, -0.2) is 15.0 Å². The van der Waals surface area contributed by atoms with Crippen molar-refractivity contribution in [2.75, 3.05) is 159 Å². The summed E-state index contributed by atoms with van der Waals surface area (Å²) >= 11 is 0. The van der Waals surface area contributed by atoms with E-state index in [0.717, 1.165) is 224 Å². The monoisotopic (exact) mass is 1840 g/mol. The predicted octanol–water partition coefficient (Wildman–Crippen LogP) is 19.9. The Kier molecular flexibility index (Phi) is 36.8. The average molecular weight is 1850 g/mol. The molecule has 130 heavy (non-hydrogen) atoms. The van der Waals surface area contributed by atoms with Gasteiger partial charge in [-0.15, -0.1) is 0 Å². The number of aryl methyl sites for hydroxylation is 6. The molecule has 0 fully saturated rings. The fraction of sp³-hybridized carbons (Fsp3) is 0.321. The first-order valence-electron chi connectivity index (χ1n) is 44.7. The summed E-state index contributed by atoms with van der Waals surface area (Å²) in [7, 11) is 0. The van der Waals surface area contributed by atoms with Crippen LogP contribution in [0.4, 0.5) is 0 Å². The summed E-state index contributed by atoms with van der Waals surface area (Å²) in [5.74, 6) is 3.13. The number of hydrogen-bond donors (Lipinski definition) is 0. The second-order valence-electron chi connectivity index (χ2n) is 31.4. The third-order valence-corrected chi connectivity index (χ3v) is 22.1. The molecule has 8 aromatic heterocycles. The maximum absolute atomic E-state index is 6.03. The number of fused-ring (bicyclic) bond motifs is 12. The molecule has 680 valence electrons. The van der Waals surface area contributed by atoms with E-state index in [9.17, 15) is 0 Å². The van der Waals surface area contributed by atoms with Gasteiger partial charge in [0.15, 0.2) is 0 Å². The molecule has 22 nitrogen and oxygen atoms in total. The van der Waals surface area contributed by atoms with Crippen LogP contribution in [0.5, 0.6) is 23.0 Å². The van der Waals surface area contributed by atoms with E-state index < -0.39 is 0 Å². The Morgan fingerprint density at radius 3 is 0.600 bits per heavy atom. The fourth-order valence-electron chi connectivity index (χ4n) is 15.2. The molecule has 0 amide bonds. The molecule has 0 saturated carbocycles. The Balaban J connectivity index is 0.00000682. The second kappa shape index (κ2) is 50.3. The van der Waals surface area contributed by atoms with Crippen molar-refractivity contribution in [2.45, 2.75) is 65.2 Å². The summed E-state index contributed by atoms with van der Waals surface area (Å²) in [4.78, 5) is 41.0. The number of ether oxygens (including phenoxy) is 14. The van der Waals surface area contributed by atoms with Crippen molar-refractivity contribution in [3.05, 3.63) is 277 Å². The topological polar surface area (TPSA) is 232 Å². The standard InChI is InChI=1S/C106H110N8O14.2Cu/c1-75-11-40-92(41-12-75)125-71-67-121-63-59-117-55-51-115-52-56-118-60-64-122-68-72-127-94-44-29-78(30-45-94)97-49-34-86-21-18-83-25-38-90(110-102(83)105(86)113-97)9-5-6-10-91-39-26-84-19-22-87-35-50-98(114-106(87)103(84)111-91)79-31-46-95(47-32-79)128-74-70-124-66-62-120-58-54-116-53-57-119-61-65-123-69-73-126-93-42-27-77(28-43-93)96-48-33-85-20-17-82-24-37-89(109-101(82)104(85)112-96)8-4-3-7-88-36-23-81-16-15-80-14-13-76(2)107-99(80)100(81)108-88;;/h11-50H,3-10,51-74H2,1-2H3;;. The quantitative estimate of drug-likeness (QED) is 0.0196. The zero-order chi connectivity index (χ0) is 86.9. The molecule has 16 rings (SSSR count). The molecule has 0 atom stereocenters. The van der Waals surface area contributed by atoms with Gasteiger partial charge in [0, 0.05) is 122 Å². The predicted molar refractivity (Wildman–Crippen MR) is 504 cm³/mol. The minimum Gasteiger partial charge on any atom is -0.491 e. The first-order chi connectivity index (χ1) is 63.3. The van der Waals surface area contributed by atoms with Crippen LogP contribution in [0, 0.1) is 13.8 Å². The van der Waals surface area contributed by atoms with Gasteiger partial charge in [0.25, 0.3) is 0 Å². The number of unbranched alkanes of at least 4 members (excludes halogenated alkanes) is 2. The second-order valence-corrected chi connectivity index (χ2v) is 31.4. The SMILES string of the molecule is Cc1ccc(OCCOCCOCCOCCOCCOCCOc2ccc(-c3ccc4ccc5ccc(CCCCc6ccc7ccc8ccc(-c9ccc(OCCOCCOCCOCCOCCOCCOc%10ccc(-c%11ccc%12ccc%13ccc(CCCCc%14ccc%15ccc%16ccc(C)nc%16c%15n%14)nc%13c%12n%11)cc%10)cc9)nc8c7n6)nc5c4n3)cc2)cc1.[Cu].[Cu]. The zero-order valence-corrected chi connectivity index (χ0v) is 75.5. The average Bonchev–Trinajstić information content (AvgIpc) is 0.783. The van der Waals surface area contributed by atoms with Gasteiger partial charge in [0.2, 0.25) is 0 Å². The van der Waals surface area contributed by atoms with Gasteiger partial charge < -0.3 is 66.3 Å². The summed E-state index contributed by atoms with van der Waals surface area (Å²) in [5.41, 5.74) is 19.4. The molecular formula is C106H110Cu2N8O14. The van der Waals surface area contributed by atoms with E-state index in [4.69, 9.17) is 106 Å². The Morgan fingerprint density at radius 2 is 0.362 bits per heavy atom. The van der Waals surface area contributed by atoms with E-state index in [1.165, 1.54) is 5.56 Å². The Hall–Kier alpha value is -11.1. The number of rotatable bonds is 53. The van der Waals surface area contributed by atoms with Crippen molar-refractivity contribution < 1.29 is 100 Å². The third kappa shape index (κ3) is 27.5. The van der Waals surface area contributed by atoms with Crippen molar-refractivity contribution in [3.63, 3.8) is 0 Å². The van der Waals surface area contributed by atoms with Crippen LogP contribution < -0.4 is 18.9 Å². The van der Waals surface area contributed by atoms with Crippen molar-refractivity contribution in [3.8, 4) is 56.8 Å². The molecule has 0 saturated heterocycles. The van der Waals surface area contributed by atoms with Gasteiger partial charge in [-0.2, -0.15) is 0 Å². The minimum absolute atomic E-state index is 0. The summed E-state index contributed by atoms with van der Waals surface area (Å²) in [6.45, 7) is 15.3. The van der Waals surface area contributed by atoms with Crippen LogP contribution in [0.25, 0.3) is 121 Å². The van der Waals surface area contributed by atoms with Crippen LogP contribution >= 0.6 is 0 Å². The maximum atomic E-state index is 6.03. The van der Waals surface area contributed by atoms with Gasteiger partial charge in [0.1, 0.15) is 49.4 Å². The first kappa shape index (κ1) is 95.0. The molecule has 0 bridgehead atoms. The van der Waals surface area contributed by atoms with Crippen molar-refractivity contribution in [1.29, 1.82) is 0 Å². The molecular weight excluding hydrogens is 1740 g/mol. The molecule has 0 spiro atoms. The number of aromatic nitrogens is 8. The number of benzene rings is 8. The van der Waals surface area contributed by atoms with Gasteiger partial charge in [0.05, 0.1) is 193 Å². The van der Waals surface area contributed by atoms with Crippen LogP contribution in [0.1, 0.15) is 59.7 Å². The molecule has 0 N–H and O–H groups in total. The molecule has 8 heterocycles. The van der Waals surface area contributed by atoms with Crippen LogP contribution in [-0.2, 0) is 107 Å². The molecule has 0 aliphatic carbocycles. The first-order valence-corrected chi connectivity index (χ1v) is 44.7. The van der Waals surface area contributed by atoms with E-state index in [2.05, 4.69) is 153 Å². The van der Waals surface area contributed by atoms with Gasteiger partial charge in [-0.1, -0.05) is 115 Å². The van der Waals surface area contributed by atoms with E-state index >= 15 is 0 Å². The molecule has 24 heteroatoms. The summed E-state index contributed by atoms with van der Waals surface area (Å²) in [6.07, 6.45) is 7.40. The molecule has 2 radical (unpaired) electrons. The maximum Gasteiger partial charge on any atom is 0.119 e. The third-order valence-electron chi connectivity index (χ3n) is 22.1. The van der Waals surface area contributed by atoms with Crippen molar-refractivity contribution in [2.24, 2.45) is 0 Å². The van der Waals surface area contributed by atoms with Crippen molar-refractivity contribution in [1.82, 2.24) is 39.9 Å². The zero-order valence-electron chi connectivity index (χ0n) is 73.6. The number of nitrogens with zero attached hydrogens (tertiary/aromatic N) is 8. The normalized spacial score (nSPS) is 11.6. The van der Waals surface area contributed by atoms with E-state index in [1.807, 2.05) is 104 Å². The summed E-state index contributed by atoms with van der Waals surface area (Å²) in [5, 5.41) is 8.58. The van der Waals surface area contributed by atoms with Crippen LogP contribution in [0.2, 0.25) is 0 Å². The summed E-state index contributed by atoms with van der Waals surface area (Å²) < 4.78 is 80.5. The molecule has 8 aromatic carbocycles. The van der Waals surface area contributed by atoms with Crippen LogP contribution in [0.15, 0.2) is 243 Å². The Labute approximate surface area is 779 Å². The van der Waals surface area contributed by atoms with Gasteiger partial charge in [-0.3, -0.25) is 24.9 Å². The number of hydrogen-bond acceptors (Lipinski definition) is 22. The van der Waals surface area contributed by atoms with E-state index in [0.29, 0.717) is 159 Å². The fourth-order valence-corrected chi connectivity index (χ4v) is 15.2. The van der Waals surface area contributed by atoms with E-state index in [-0.39, 0.29) is 34.1 Å². The smallest absolute Gasteiger partial charge is 0.119 e. The molecule has 0 aliphatic heterocycles. The molecule has 0 unspecified atom stereocenters.